The van der Waals surface area contributed by atoms with Crippen LogP contribution in [0, 0.1) is 6.92 Å². The second-order valence-corrected chi connectivity index (χ2v) is 8.73. The maximum atomic E-state index is 13.2. The molecule has 1 atom stereocenters. The van der Waals surface area contributed by atoms with Gasteiger partial charge in [-0.05, 0) is 49.9 Å². The number of nitrogens with zero attached hydrogens (tertiary/aromatic N) is 2. The van der Waals surface area contributed by atoms with Crippen LogP contribution >= 0.6 is 11.6 Å². The number of benzene rings is 1. The molecular weight excluding hydrogens is 430 g/mol. The number of H-pyrrole nitrogens is 1. The van der Waals surface area contributed by atoms with Gasteiger partial charge in [0.2, 0.25) is 0 Å². The van der Waals surface area contributed by atoms with Crippen molar-refractivity contribution in [1.29, 1.82) is 0 Å². The monoisotopic (exact) mass is 457 g/mol. The van der Waals surface area contributed by atoms with E-state index >= 15 is 0 Å². The van der Waals surface area contributed by atoms with Crippen LogP contribution in [0.25, 0.3) is 0 Å². The molecule has 1 N–H and O–H groups in total. The van der Waals surface area contributed by atoms with Crippen molar-refractivity contribution in [2.24, 2.45) is 0 Å². The molecule has 1 aliphatic heterocycles. The third-order valence-electron chi connectivity index (χ3n) is 6.31. The molecule has 170 valence electrons. The van der Waals surface area contributed by atoms with Gasteiger partial charge >= 0.3 is 5.97 Å². The summed E-state index contributed by atoms with van der Waals surface area (Å²) in [5, 5.41) is 0.606. The molecule has 1 aromatic heterocycles. The fourth-order valence-corrected chi connectivity index (χ4v) is 4.82. The number of aromatic amines is 1. The number of Topliss-reactive ketones (excluding diaryl/α,β-unsaturated/α-hetero) is 1. The molecule has 1 aromatic carbocycles. The molecule has 8 heteroatoms. The summed E-state index contributed by atoms with van der Waals surface area (Å²) in [6.07, 6.45) is 2.15. The first kappa shape index (κ1) is 22.6. The van der Waals surface area contributed by atoms with Gasteiger partial charge in [0, 0.05) is 48.9 Å². The summed E-state index contributed by atoms with van der Waals surface area (Å²) in [6.45, 7) is 5.98. The van der Waals surface area contributed by atoms with Crippen molar-refractivity contribution in [1.82, 2.24) is 14.8 Å². The van der Waals surface area contributed by atoms with E-state index in [1.807, 2.05) is 24.0 Å². The predicted molar refractivity (Wildman–Crippen MR) is 121 cm³/mol. The molecule has 0 unspecified atom stereocenters. The normalized spacial score (nSPS) is 17.7. The minimum atomic E-state index is -0.540. The predicted octanol–water partition coefficient (Wildman–Crippen LogP) is 3.56. The highest BCUT2D eigenvalue weighted by Crippen LogP contribution is 2.29. The number of ketones is 1. The number of nitrogens with one attached hydrogen (secondary N) is 1. The highest BCUT2D eigenvalue weighted by molar-refractivity contribution is 6.30. The number of carbonyl (C=O) groups excluding carboxylic acids is 3. The molecule has 32 heavy (non-hydrogen) atoms. The topological polar surface area (TPSA) is 82.7 Å². The average Bonchev–Trinajstić information content (AvgIpc) is 3.13. The van der Waals surface area contributed by atoms with Crippen molar-refractivity contribution >= 4 is 29.3 Å². The Bertz CT molecular complexity index is 1020. The van der Waals surface area contributed by atoms with Gasteiger partial charge in [-0.15, -0.1) is 0 Å². The van der Waals surface area contributed by atoms with E-state index in [1.54, 1.807) is 24.0 Å². The summed E-state index contributed by atoms with van der Waals surface area (Å²) >= 11 is 6.02. The molecule has 2 aromatic rings. The molecule has 1 amide bonds. The van der Waals surface area contributed by atoms with Crippen molar-refractivity contribution in [3.05, 3.63) is 57.4 Å². The van der Waals surface area contributed by atoms with Gasteiger partial charge in [0.1, 0.15) is 11.7 Å². The molecule has 4 rings (SSSR count). The molecule has 2 aliphatic rings. The minimum Gasteiger partial charge on any atom is -0.465 e. The average molecular weight is 458 g/mol. The van der Waals surface area contributed by atoms with Gasteiger partial charge in [-0.25, -0.2) is 4.79 Å². The Morgan fingerprint density at radius 2 is 1.81 bits per heavy atom. The van der Waals surface area contributed by atoms with Crippen LogP contribution in [-0.4, -0.2) is 65.2 Å². The first-order valence-corrected chi connectivity index (χ1v) is 11.5. The number of aromatic nitrogens is 1. The number of piperazine rings is 1. The van der Waals surface area contributed by atoms with Crippen LogP contribution in [0.15, 0.2) is 24.3 Å². The summed E-state index contributed by atoms with van der Waals surface area (Å²) in [4.78, 5) is 45.3. The number of fused-ring (bicyclic) bond motifs is 1. The summed E-state index contributed by atoms with van der Waals surface area (Å²) in [5.41, 5.74) is 3.66. The van der Waals surface area contributed by atoms with E-state index < -0.39 is 6.04 Å². The molecule has 1 saturated heterocycles. The smallest absolute Gasteiger partial charge is 0.328 e. The number of aryl methyl sites for hydroxylation is 1. The van der Waals surface area contributed by atoms with Gasteiger partial charge in [-0.1, -0.05) is 23.7 Å². The van der Waals surface area contributed by atoms with Gasteiger partial charge in [-0.3, -0.25) is 14.5 Å². The highest BCUT2D eigenvalue weighted by Gasteiger charge is 2.34. The number of hydrogen-bond acceptors (Lipinski definition) is 5. The van der Waals surface area contributed by atoms with E-state index in [0.29, 0.717) is 55.5 Å². The Balaban J connectivity index is 1.49. The Morgan fingerprint density at radius 1 is 1.12 bits per heavy atom. The van der Waals surface area contributed by atoms with E-state index in [1.165, 1.54) is 0 Å². The zero-order chi connectivity index (χ0) is 22.8. The summed E-state index contributed by atoms with van der Waals surface area (Å²) in [6, 6.07) is 6.66. The zero-order valence-corrected chi connectivity index (χ0v) is 19.2. The molecular formula is C24H28ClN3O4. The molecule has 0 radical (unpaired) electrons. The van der Waals surface area contributed by atoms with Crippen LogP contribution in [-0.2, 0) is 16.0 Å². The lowest BCUT2D eigenvalue weighted by Gasteiger charge is -2.38. The molecule has 7 nitrogen and oxygen atoms in total. The Labute approximate surface area is 192 Å². The first-order valence-electron chi connectivity index (χ1n) is 11.1. The first-order chi connectivity index (χ1) is 15.4. The van der Waals surface area contributed by atoms with Crippen LogP contribution < -0.4 is 0 Å². The number of halogens is 1. The van der Waals surface area contributed by atoms with Crippen molar-refractivity contribution in [3.8, 4) is 0 Å². The van der Waals surface area contributed by atoms with Crippen molar-refractivity contribution in [2.45, 2.75) is 39.2 Å². The summed E-state index contributed by atoms with van der Waals surface area (Å²) in [5.74, 6) is -0.284. The number of carbonyl (C=O) groups is 3. The number of amides is 1. The number of ether oxygens (including phenoxy) is 1. The highest BCUT2D eigenvalue weighted by atomic mass is 35.5. The van der Waals surface area contributed by atoms with Gasteiger partial charge in [0.25, 0.3) is 5.91 Å². The number of hydrogen-bond donors (Lipinski definition) is 1. The number of rotatable bonds is 5. The second kappa shape index (κ2) is 9.46. The standard InChI is InChI=1S/C24H28ClN3O4/c1-3-32-24(31)22(16-7-9-17(25)10-8-16)27-11-13-28(14-12-27)23(30)21-15(2)20-18(26-21)5-4-6-19(20)29/h7-10,22,26H,3-6,11-14H2,1-2H3/t22-/m1/s1. The SMILES string of the molecule is CCOC(=O)[C@@H](c1ccc(Cl)cc1)N1CCN(C(=O)c2[nH]c3c(c2C)C(=O)CCC3)CC1. The van der Waals surface area contributed by atoms with E-state index in [2.05, 4.69) is 4.98 Å². The third kappa shape index (κ3) is 4.32. The molecule has 1 aliphatic carbocycles. The molecule has 1 fully saturated rings. The molecule has 2 heterocycles. The van der Waals surface area contributed by atoms with Crippen molar-refractivity contribution in [3.63, 3.8) is 0 Å². The fourth-order valence-electron chi connectivity index (χ4n) is 4.69. The van der Waals surface area contributed by atoms with Crippen LogP contribution in [0.2, 0.25) is 5.02 Å². The van der Waals surface area contributed by atoms with Crippen LogP contribution in [0.1, 0.15) is 63.5 Å². The lowest BCUT2D eigenvalue weighted by molar-refractivity contribution is -0.150. The van der Waals surface area contributed by atoms with Crippen LogP contribution in [0.3, 0.4) is 0 Å². The Morgan fingerprint density at radius 3 is 2.44 bits per heavy atom. The maximum Gasteiger partial charge on any atom is 0.328 e. The fraction of sp³-hybridized carbons (Fsp3) is 0.458. The third-order valence-corrected chi connectivity index (χ3v) is 6.57. The second-order valence-electron chi connectivity index (χ2n) is 8.29. The Hall–Kier alpha value is -2.64. The van der Waals surface area contributed by atoms with E-state index in [0.717, 1.165) is 29.7 Å². The number of esters is 1. The van der Waals surface area contributed by atoms with Crippen LogP contribution in [0.4, 0.5) is 0 Å². The minimum absolute atomic E-state index is 0.0940. The van der Waals surface area contributed by atoms with Gasteiger partial charge in [0.15, 0.2) is 5.78 Å². The van der Waals surface area contributed by atoms with E-state index in [4.69, 9.17) is 16.3 Å². The largest absolute Gasteiger partial charge is 0.465 e. The van der Waals surface area contributed by atoms with Crippen LogP contribution in [0.5, 0.6) is 0 Å². The van der Waals surface area contributed by atoms with Gasteiger partial charge < -0.3 is 14.6 Å². The summed E-state index contributed by atoms with van der Waals surface area (Å²) in [7, 11) is 0. The van der Waals surface area contributed by atoms with Crippen molar-refractivity contribution < 1.29 is 19.1 Å². The lowest BCUT2D eigenvalue weighted by Crippen LogP contribution is -2.51. The lowest BCUT2D eigenvalue weighted by atomic mass is 9.93. The van der Waals surface area contributed by atoms with E-state index in [-0.39, 0.29) is 17.7 Å². The zero-order valence-electron chi connectivity index (χ0n) is 18.4. The van der Waals surface area contributed by atoms with Crippen molar-refractivity contribution in [2.75, 3.05) is 32.8 Å². The maximum absolute atomic E-state index is 13.2. The molecule has 0 saturated carbocycles. The molecule has 0 bridgehead atoms. The Kier molecular flexibility index (Phi) is 6.67. The quantitative estimate of drug-likeness (QED) is 0.694. The summed E-state index contributed by atoms with van der Waals surface area (Å²) < 4.78 is 5.33. The molecule has 0 spiro atoms. The van der Waals surface area contributed by atoms with E-state index in [9.17, 15) is 14.4 Å². The van der Waals surface area contributed by atoms with Gasteiger partial charge in [0.05, 0.1) is 6.61 Å². The van der Waals surface area contributed by atoms with Gasteiger partial charge in [-0.2, -0.15) is 0 Å².